The van der Waals surface area contributed by atoms with E-state index in [1.807, 2.05) is 0 Å². The van der Waals surface area contributed by atoms with E-state index in [2.05, 4.69) is 11.1 Å². The van der Waals surface area contributed by atoms with Crippen LogP contribution < -0.4 is 0 Å². The third kappa shape index (κ3) is 1.95. The number of halogens is 2. The van der Waals surface area contributed by atoms with Crippen LogP contribution in [-0.2, 0) is 0 Å². The van der Waals surface area contributed by atoms with Crippen molar-refractivity contribution in [3.63, 3.8) is 0 Å². The molecule has 1 fully saturated rings. The van der Waals surface area contributed by atoms with E-state index in [0.717, 1.165) is 12.8 Å². The lowest BCUT2D eigenvalue weighted by atomic mass is 10.0. The first-order valence-corrected chi connectivity index (χ1v) is 5.23. The Labute approximate surface area is 92.7 Å². The quantitative estimate of drug-likeness (QED) is 0.774. The number of pyridine rings is 1. The highest BCUT2D eigenvalue weighted by Crippen LogP contribution is 2.42. The molecule has 0 N–H and O–H groups in total. The van der Waals surface area contributed by atoms with Gasteiger partial charge in [-0.2, -0.15) is 5.26 Å². The Morgan fingerprint density at radius 3 is 2.80 bits per heavy atom. The van der Waals surface area contributed by atoms with Gasteiger partial charge in [0.25, 0.3) is 0 Å². The molecule has 4 heteroatoms. The van der Waals surface area contributed by atoms with Crippen molar-refractivity contribution in [2.45, 2.75) is 25.7 Å². The van der Waals surface area contributed by atoms with Crippen LogP contribution in [0.5, 0.6) is 0 Å². The van der Waals surface area contributed by atoms with Crippen LogP contribution >= 0.6 is 11.6 Å². The molecule has 0 radical (unpaired) electrons. The predicted octanol–water partition coefficient (Wildman–Crippen LogP) is 3.20. The lowest BCUT2D eigenvalue weighted by Crippen LogP contribution is -2.04. The van der Waals surface area contributed by atoms with E-state index in [0.29, 0.717) is 11.6 Å². The lowest BCUT2D eigenvalue weighted by molar-refractivity contribution is 0.602. The van der Waals surface area contributed by atoms with E-state index in [1.54, 1.807) is 6.92 Å². The monoisotopic (exact) mass is 224 g/mol. The molecular formula is C11H10ClFN2. The molecule has 0 aromatic carbocycles. The summed E-state index contributed by atoms with van der Waals surface area (Å²) in [6, 6.07) is 3.68. The fraction of sp³-hybridized carbons (Fsp3) is 0.455. The van der Waals surface area contributed by atoms with Crippen LogP contribution in [0.1, 0.15) is 30.1 Å². The molecule has 1 unspecified atom stereocenters. The van der Waals surface area contributed by atoms with Gasteiger partial charge >= 0.3 is 0 Å². The van der Waals surface area contributed by atoms with Crippen LogP contribution in [0.3, 0.4) is 0 Å². The maximum absolute atomic E-state index is 13.2. The van der Waals surface area contributed by atoms with Gasteiger partial charge in [-0.25, -0.2) is 4.39 Å². The molecule has 0 amide bonds. The van der Waals surface area contributed by atoms with Gasteiger partial charge in [0, 0.05) is 0 Å². The maximum Gasteiger partial charge on any atom is 0.162 e. The van der Waals surface area contributed by atoms with E-state index in [1.165, 1.54) is 6.07 Å². The summed E-state index contributed by atoms with van der Waals surface area (Å²) in [5.41, 5.74) is 0.863. The largest absolute Gasteiger partial charge is 0.254 e. The summed E-state index contributed by atoms with van der Waals surface area (Å²) in [5, 5.41) is 9.07. The molecule has 1 heterocycles. The van der Waals surface area contributed by atoms with Gasteiger partial charge in [-0.05, 0) is 31.7 Å². The molecule has 0 bridgehead atoms. The van der Waals surface area contributed by atoms with E-state index in [4.69, 9.17) is 16.9 Å². The molecule has 78 valence electrons. The zero-order valence-electron chi connectivity index (χ0n) is 8.30. The van der Waals surface area contributed by atoms with Crippen molar-refractivity contribution in [2.24, 2.45) is 5.92 Å². The first-order chi connectivity index (χ1) is 7.13. The number of aromatic nitrogens is 1. The van der Waals surface area contributed by atoms with Crippen molar-refractivity contribution < 1.29 is 4.39 Å². The SMILES string of the molecule is Cc1nc(C(C#N)C2CC2)cc(Cl)c1F. The van der Waals surface area contributed by atoms with Gasteiger partial charge in [0.1, 0.15) is 0 Å². The van der Waals surface area contributed by atoms with Gasteiger partial charge in [-0.15, -0.1) is 0 Å². The predicted molar refractivity (Wildman–Crippen MR) is 55.0 cm³/mol. The number of hydrogen-bond acceptors (Lipinski definition) is 2. The normalized spacial score (nSPS) is 17.2. The van der Waals surface area contributed by atoms with E-state index in [9.17, 15) is 4.39 Å². The van der Waals surface area contributed by atoms with Gasteiger partial charge < -0.3 is 0 Å². The van der Waals surface area contributed by atoms with Crippen molar-refractivity contribution in [3.05, 3.63) is 28.3 Å². The fourth-order valence-corrected chi connectivity index (χ4v) is 1.89. The number of aryl methyl sites for hydroxylation is 1. The van der Waals surface area contributed by atoms with Crippen molar-refractivity contribution >= 4 is 11.6 Å². The molecule has 1 aliphatic rings. The molecule has 0 aliphatic heterocycles. The fourth-order valence-electron chi connectivity index (χ4n) is 1.64. The minimum atomic E-state index is -0.493. The van der Waals surface area contributed by atoms with Crippen molar-refractivity contribution in [2.75, 3.05) is 0 Å². The third-order valence-corrected chi connectivity index (χ3v) is 2.92. The third-order valence-electron chi connectivity index (χ3n) is 2.65. The summed E-state index contributed by atoms with van der Waals surface area (Å²) in [5.74, 6) is -0.349. The number of nitriles is 1. The molecule has 1 atom stereocenters. The second kappa shape index (κ2) is 3.79. The zero-order valence-corrected chi connectivity index (χ0v) is 9.05. The van der Waals surface area contributed by atoms with Crippen molar-refractivity contribution in [1.29, 1.82) is 5.26 Å². The molecule has 1 aromatic heterocycles. The first kappa shape index (κ1) is 10.4. The summed E-state index contributed by atoms with van der Waals surface area (Å²) in [7, 11) is 0. The number of nitrogens with zero attached hydrogens (tertiary/aromatic N) is 2. The number of rotatable bonds is 2. The van der Waals surface area contributed by atoms with Crippen LogP contribution in [0.4, 0.5) is 4.39 Å². The summed E-state index contributed by atoms with van der Waals surface area (Å²) in [4.78, 5) is 4.08. The molecule has 2 nitrogen and oxygen atoms in total. The van der Waals surface area contributed by atoms with E-state index < -0.39 is 5.82 Å². The van der Waals surface area contributed by atoms with E-state index >= 15 is 0 Å². The van der Waals surface area contributed by atoms with Gasteiger partial charge in [0.15, 0.2) is 5.82 Å². The molecular weight excluding hydrogens is 215 g/mol. The van der Waals surface area contributed by atoms with Crippen LogP contribution in [0.25, 0.3) is 0 Å². The molecule has 1 aromatic rings. The van der Waals surface area contributed by atoms with Crippen LogP contribution in [0.2, 0.25) is 5.02 Å². The summed E-state index contributed by atoms with van der Waals surface area (Å²) >= 11 is 5.72. The standard InChI is InChI=1S/C11H10ClFN2/c1-6-11(13)9(12)4-10(15-6)8(5-14)7-2-3-7/h4,7-8H,2-3H2,1H3. The van der Waals surface area contributed by atoms with Gasteiger partial charge in [-0.3, -0.25) is 4.98 Å². The number of hydrogen-bond donors (Lipinski definition) is 0. The molecule has 1 aliphatic carbocycles. The average Bonchev–Trinajstić information content (AvgIpc) is 2.99. The van der Waals surface area contributed by atoms with Crippen LogP contribution in [-0.4, -0.2) is 4.98 Å². The lowest BCUT2D eigenvalue weighted by Gasteiger charge is -2.09. The van der Waals surface area contributed by atoms with Gasteiger partial charge in [0.05, 0.1) is 28.4 Å². The highest BCUT2D eigenvalue weighted by Gasteiger charge is 2.33. The highest BCUT2D eigenvalue weighted by molar-refractivity contribution is 6.30. The topological polar surface area (TPSA) is 36.7 Å². The maximum atomic E-state index is 13.2. The highest BCUT2D eigenvalue weighted by atomic mass is 35.5. The molecule has 2 rings (SSSR count). The minimum absolute atomic E-state index is 0.0541. The molecule has 15 heavy (non-hydrogen) atoms. The summed E-state index contributed by atoms with van der Waals surface area (Å²) < 4.78 is 13.2. The summed E-state index contributed by atoms with van der Waals surface area (Å²) in [6.07, 6.45) is 2.10. The molecule has 0 spiro atoms. The molecule has 0 saturated heterocycles. The van der Waals surface area contributed by atoms with Crippen LogP contribution in [0, 0.1) is 30.0 Å². The smallest absolute Gasteiger partial charge is 0.162 e. The second-order valence-electron chi connectivity index (χ2n) is 3.87. The zero-order chi connectivity index (χ0) is 11.0. The minimum Gasteiger partial charge on any atom is -0.254 e. The van der Waals surface area contributed by atoms with Crippen molar-refractivity contribution in [3.8, 4) is 6.07 Å². The first-order valence-electron chi connectivity index (χ1n) is 4.85. The Morgan fingerprint density at radius 2 is 2.33 bits per heavy atom. The Hall–Kier alpha value is -1.14. The van der Waals surface area contributed by atoms with Gasteiger partial charge in [0.2, 0.25) is 0 Å². The molecule has 1 saturated carbocycles. The van der Waals surface area contributed by atoms with Crippen molar-refractivity contribution in [1.82, 2.24) is 4.98 Å². The Kier molecular flexibility index (Phi) is 2.62. The van der Waals surface area contributed by atoms with Gasteiger partial charge in [-0.1, -0.05) is 11.6 Å². The van der Waals surface area contributed by atoms with Crippen LogP contribution in [0.15, 0.2) is 6.07 Å². The average molecular weight is 225 g/mol. The Bertz CT molecular complexity index is 412. The Balaban J connectivity index is 2.40. The summed E-state index contributed by atoms with van der Waals surface area (Å²) in [6.45, 7) is 1.56. The van der Waals surface area contributed by atoms with E-state index in [-0.39, 0.29) is 16.6 Å². The Morgan fingerprint density at radius 1 is 1.67 bits per heavy atom. The second-order valence-corrected chi connectivity index (χ2v) is 4.28.